The van der Waals surface area contributed by atoms with E-state index in [9.17, 15) is 28.5 Å². The lowest BCUT2D eigenvalue weighted by molar-refractivity contribution is -0.0701. The highest BCUT2D eigenvalue weighted by atomic mass is 19.3. The second kappa shape index (κ2) is 12.2. The SMILES string of the molecule is Cc1cc(-c2c(OCc3cccc(OC(CO)(CO)CO)n3)nc(N)nc2-c2ccc(F)cc2)cc(C(F)F)n1. The maximum atomic E-state index is 13.7. The first-order valence-corrected chi connectivity index (χ1v) is 12.0. The summed E-state index contributed by atoms with van der Waals surface area (Å²) in [5.74, 6) is -0.717. The zero-order valence-corrected chi connectivity index (χ0v) is 21.3. The van der Waals surface area contributed by atoms with Crippen molar-refractivity contribution in [2.45, 2.75) is 25.6 Å². The lowest BCUT2D eigenvalue weighted by atomic mass is 9.99. The number of rotatable bonds is 11. The van der Waals surface area contributed by atoms with Crippen molar-refractivity contribution in [3.63, 3.8) is 0 Å². The van der Waals surface area contributed by atoms with E-state index in [1.165, 1.54) is 36.4 Å². The van der Waals surface area contributed by atoms with Gasteiger partial charge >= 0.3 is 0 Å². The molecule has 13 heteroatoms. The van der Waals surface area contributed by atoms with Crippen LogP contribution >= 0.6 is 0 Å². The quantitative estimate of drug-likeness (QED) is 0.216. The molecule has 0 radical (unpaired) electrons. The van der Waals surface area contributed by atoms with Crippen LogP contribution in [0.3, 0.4) is 0 Å². The minimum Gasteiger partial charge on any atom is -0.471 e. The highest BCUT2D eigenvalue weighted by Gasteiger charge is 2.31. The van der Waals surface area contributed by atoms with E-state index in [2.05, 4.69) is 19.9 Å². The van der Waals surface area contributed by atoms with Gasteiger partial charge < -0.3 is 30.5 Å². The molecule has 5 N–H and O–H groups in total. The highest BCUT2D eigenvalue weighted by molar-refractivity contribution is 5.85. The molecule has 0 aliphatic rings. The Morgan fingerprint density at radius 2 is 1.60 bits per heavy atom. The largest absolute Gasteiger partial charge is 0.471 e. The molecule has 0 aliphatic carbocycles. The van der Waals surface area contributed by atoms with Crippen molar-refractivity contribution in [3.05, 3.63) is 77.5 Å². The number of hydrogen-bond donors (Lipinski definition) is 4. The zero-order chi connectivity index (χ0) is 28.9. The molecule has 1 aromatic carbocycles. The number of nitrogens with two attached hydrogens (primary N) is 1. The molecule has 0 fully saturated rings. The summed E-state index contributed by atoms with van der Waals surface area (Å²) < 4.78 is 52.4. The first-order valence-electron chi connectivity index (χ1n) is 12.0. The summed E-state index contributed by atoms with van der Waals surface area (Å²) in [6, 6.07) is 12.8. The standard InChI is InChI=1S/C27H26F3N5O5/c1-15-9-17(10-20(32-15)24(29)30)22-23(16-5-7-18(28)8-6-16)34-26(31)35-25(22)39-11-19-3-2-4-21(33-19)40-27(12-36,13-37)14-38/h2-10,24,36-38H,11-14H2,1H3,(H2,31,34,35). The zero-order valence-electron chi connectivity index (χ0n) is 21.3. The van der Waals surface area contributed by atoms with Gasteiger partial charge in [-0.1, -0.05) is 6.07 Å². The highest BCUT2D eigenvalue weighted by Crippen LogP contribution is 2.39. The number of aliphatic hydroxyl groups is 3. The summed E-state index contributed by atoms with van der Waals surface area (Å²) >= 11 is 0. The Kier molecular flexibility index (Phi) is 8.77. The van der Waals surface area contributed by atoms with Crippen molar-refractivity contribution in [1.29, 1.82) is 0 Å². The maximum Gasteiger partial charge on any atom is 0.280 e. The van der Waals surface area contributed by atoms with E-state index in [1.807, 2.05) is 0 Å². The molecule has 0 aliphatic heterocycles. The normalized spacial score (nSPS) is 11.6. The topological polar surface area (TPSA) is 157 Å². The van der Waals surface area contributed by atoms with Crippen LogP contribution in [0.15, 0.2) is 54.6 Å². The van der Waals surface area contributed by atoms with Gasteiger partial charge in [0.15, 0.2) is 5.60 Å². The van der Waals surface area contributed by atoms with Crippen LogP contribution in [0, 0.1) is 12.7 Å². The van der Waals surface area contributed by atoms with Gasteiger partial charge in [-0.15, -0.1) is 0 Å². The van der Waals surface area contributed by atoms with Gasteiger partial charge in [0.2, 0.25) is 17.7 Å². The van der Waals surface area contributed by atoms with Gasteiger partial charge in [0.1, 0.15) is 18.1 Å². The van der Waals surface area contributed by atoms with Gasteiger partial charge in [0.25, 0.3) is 6.43 Å². The summed E-state index contributed by atoms with van der Waals surface area (Å²) in [5.41, 5.74) is 5.66. The van der Waals surface area contributed by atoms with Gasteiger partial charge in [-0.25, -0.2) is 23.1 Å². The van der Waals surface area contributed by atoms with Crippen molar-refractivity contribution < 1.29 is 38.0 Å². The number of anilines is 1. The van der Waals surface area contributed by atoms with Crippen molar-refractivity contribution in [2.75, 3.05) is 25.6 Å². The number of halogens is 3. The van der Waals surface area contributed by atoms with Gasteiger partial charge in [0.05, 0.1) is 36.8 Å². The molecule has 0 spiro atoms. The van der Waals surface area contributed by atoms with E-state index in [0.717, 1.165) is 0 Å². The molecule has 0 amide bonds. The van der Waals surface area contributed by atoms with Gasteiger partial charge in [-0.2, -0.15) is 4.98 Å². The van der Waals surface area contributed by atoms with Crippen LogP contribution in [-0.2, 0) is 6.61 Å². The van der Waals surface area contributed by atoms with Crippen LogP contribution < -0.4 is 15.2 Å². The molecule has 4 rings (SSSR count). The third-order valence-electron chi connectivity index (χ3n) is 5.82. The maximum absolute atomic E-state index is 13.7. The summed E-state index contributed by atoms with van der Waals surface area (Å²) in [4.78, 5) is 16.7. The molecule has 0 saturated heterocycles. The van der Waals surface area contributed by atoms with E-state index < -0.39 is 43.4 Å². The Balaban J connectivity index is 1.77. The minimum atomic E-state index is -2.84. The first kappa shape index (κ1) is 28.7. The Morgan fingerprint density at radius 3 is 2.25 bits per heavy atom. The van der Waals surface area contributed by atoms with E-state index in [1.54, 1.807) is 25.1 Å². The van der Waals surface area contributed by atoms with Gasteiger partial charge in [0, 0.05) is 17.3 Å². The Morgan fingerprint density at radius 1 is 0.900 bits per heavy atom. The monoisotopic (exact) mass is 557 g/mol. The van der Waals surface area contributed by atoms with Crippen molar-refractivity contribution in [3.8, 4) is 34.1 Å². The third kappa shape index (κ3) is 6.45. The number of hydrogen-bond acceptors (Lipinski definition) is 10. The number of pyridine rings is 2. The fraction of sp³-hybridized carbons (Fsp3) is 0.259. The fourth-order valence-corrected chi connectivity index (χ4v) is 3.79. The number of nitrogens with zero attached hydrogens (tertiary/aromatic N) is 4. The minimum absolute atomic E-state index is 0.000917. The molecular formula is C27H26F3N5O5. The lowest BCUT2D eigenvalue weighted by Gasteiger charge is -2.28. The fourth-order valence-electron chi connectivity index (χ4n) is 3.79. The Bertz CT molecular complexity index is 1460. The molecule has 10 nitrogen and oxygen atoms in total. The first-order chi connectivity index (χ1) is 19.2. The number of benzene rings is 1. The Labute approximate surface area is 226 Å². The van der Waals surface area contributed by atoms with Gasteiger partial charge in [-0.3, -0.25) is 4.98 Å². The summed E-state index contributed by atoms with van der Waals surface area (Å²) in [7, 11) is 0. The van der Waals surface area contributed by atoms with E-state index in [0.29, 0.717) is 17.0 Å². The number of nitrogen functional groups attached to an aromatic ring is 1. The van der Waals surface area contributed by atoms with Crippen LogP contribution in [0.25, 0.3) is 22.4 Å². The molecule has 3 heterocycles. The van der Waals surface area contributed by atoms with Crippen LogP contribution in [0.2, 0.25) is 0 Å². The number of aromatic nitrogens is 4. The third-order valence-corrected chi connectivity index (χ3v) is 5.82. The van der Waals surface area contributed by atoms with Crippen molar-refractivity contribution in [2.24, 2.45) is 0 Å². The number of aryl methyl sites for hydroxylation is 1. The molecular weight excluding hydrogens is 531 g/mol. The van der Waals surface area contributed by atoms with Crippen molar-refractivity contribution in [1.82, 2.24) is 19.9 Å². The summed E-state index contributed by atoms with van der Waals surface area (Å²) in [5, 5.41) is 28.6. The number of ether oxygens (including phenoxy) is 2. The second-order valence-corrected chi connectivity index (χ2v) is 8.86. The van der Waals surface area contributed by atoms with Crippen LogP contribution in [0.1, 0.15) is 23.5 Å². The smallest absolute Gasteiger partial charge is 0.280 e. The average molecular weight is 558 g/mol. The summed E-state index contributed by atoms with van der Waals surface area (Å²) in [6.07, 6.45) is -2.84. The van der Waals surface area contributed by atoms with Gasteiger partial charge in [-0.05, 0) is 55.0 Å². The molecule has 210 valence electrons. The van der Waals surface area contributed by atoms with Crippen LogP contribution in [0.4, 0.5) is 19.1 Å². The number of aliphatic hydroxyl groups excluding tert-OH is 3. The van der Waals surface area contributed by atoms with E-state index >= 15 is 0 Å². The molecule has 0 bridgehead atoms. The molecule has 0 unspecified atom stereocenters. The lowest BCUT2D eigenvalue weighted by Crippen LogP contribution is -2.47. The predicted octanol–water partition coefficient (Wildman–Crippen LogP) is 3.24. The van der Waals surface area contributed by atoms with Crippen LogP contribution in [-0.4, -0.2) is 60.7 Å². The molecule has 0 atom stereocenters. The number of alkyl halides is 2. The average Bonchev–Trinajstić information content (AvgIpc) is 2.95. The molecule has 4 aromatic rings. The second-order valence-electron chi connectivity index (χ2n) is 8.86. The molecule has 40 heavy (non-hydrogen) atoms. The molecule has 0 saturated carbocycles. The van der Waals surface area contributed by atoms with E-state index in [-0.39, 0.29) is 41.1 Å². The molecule has 3 aromatic heterocycles. The summed E-state index contributed by atoms with van der Waals surface area (Å²) in [6.45, 7) is -0.621. The predicted molar refractivity (Wildman–Crippen MR) is 138 cm³/mol. The Hall–Kier alpha value is -4.33. The van der Waals surface area contributed by atoms with Crippen LogP contribution in [0.5, 0.6) is 11.8 Å². The van der Waals surface area contributed by atoms with E-state index in [4.69, 9.17) is 15.2 Å². The van der Waals surface area contributed by atoms with Crippen molar-refractivity contribution >= 4 is 5.95 Å².